The zero-order valence-electron chi connectivity index (χ0n) is 35.4. The Labute approximate surface area is 320 Å². The summed E-state index contributed by atoms with van der Waals surface area (Å²) >= 11 is 0. The number of aryl methyl sites for hydroxylation is 1. The summed E-state index contributed by atoms with van der Waals surface area (Å²) in [5.74, 6) is -0.116. The standard InChI is InChI=1S/C42H75O7PSi2/c1-15-46-50(10,44)29-19-17-16-18-26-37-38(40(31-39(37)47-33(2)43)49-52(13,14)42(6,7)8)28-27-36(48-51(11,12)41(3,4)5)25-21-23-34-22-20-24-35(30-34)32-45-9/h16,18,20,22,24,27-28,30,36-40H,15,17,19,21,23,25-26,29,31-32H2,1-14H3/b18-16-,28-27+/t36-,37+,38+,39-,40+,50?/m0/s1. The highest BCUT2D eigenvalue weighted by atomic mass is 31.2. The highest BCUT2D eigenvalue weighted by molar-refractivity contribution is 7.58. The maximum absolute atomic E-state index is 12.6. The molecule has 0 N–H and O–H groups in total. The Morgan fingerprint density at radius 2 is 1.63 bits per heavy atom. The van der Waals surface area contributed by atoms with E-state index in [-0.39, 0.29) is 46.2 Å². The number of ether oxygens (including phenoxy) is 2. The number of hydrogen-bond donors (Lipinski definition) is 0. The molecule has 0 spiro atoms. The SMILES string of the molecule is CCOP(C)(=O)CCC/C=C\C[C@@H]1[C@@H](/C=C/[C@H](CCCc2cccc(COC)c2)O[Si](C)(C)C(C)(C)C)[C@H](O[Si](C)(C)C(C)(C)C)C[C@@H]1OC(C)=O. The minimum atomic E-state index is -2.54. The zero-order chi connectivity index (χ0) is 39.4. The van der Waals surface area contributed by atoms with Crippen LogP contribution in [0.2, 0.25) is 36.3 Å². The smallest absolute Gasteiger partial charge is 0.302 e. The van der Waals surface area contributed by atoms with E-state index in [1.165, 1.54) is 18.1 Å². The fourth-order valence-corrected chi connectivity index (χ4v) is 10.5. The van der Waals surface area contributed by atoms with Gasteiger partial charge in [0.1, 0.15) is 6.10 Å². The van der Waals surface area contributed by atoms with Crippen LogP contribution >= 0.6 is 7.37 Å². The van der Waals surface area contributed by atoms with Crippen LogP contribution in [0.1, 0.15) is 105 Å². The van der Waals surface area contributed by atoms with Crippen LogP contribution in [-0.2, 0) is 45.2 Å². The molecule has 298 valence electrons. The van der Waals surface area contributed by atoms with Crippen LogP contribution in [0.5, 0.6) is 0 Å². The van der Waals surface area contributed by atoms with Gasteiger partial charge in [0, 0.05) is 45.1 Å². The Kier molecular flexibility index (Phi) is 18.5. The Balaban J connectivity index is 2.43. The van der Waals surface area contributed by atoms with Crippen molar-refractivity contribution in [1.82, 2.24) is 0 Å². The number of unbranched alkanes of at least 4 members (excludes halogenated alkanes) is 1. The monoisotopic (exact) mass is 778 g/mol. The molecule has 0 radical (unpaired) electrons. The van der Waals surface area contributed by atoms with E-state index in [4.69, 9.17) is 22.8 Å². The van der Waals surface area contributed by atoms with Gasteiger partial charge in [-0.25, -0.2) is 0 Å². The van der Waals surface area contributed by atoms with Gasteiger partial charge in [-0.2, -0.15) is 0 Å². The van der Waals surface area contributed by atoms with Crippen LogP contribution in [0.3, 0.4) is 0 Å². The molecule has 1 unspecified atom stereocenters. The molecule has 1 aliphatic carbocycles. The molecule has 0 aliphatic heterocycles. The lowest BCUT2D eigenvalue weighted by atomic mass is 9.89. The van der Waals surface area contributed by atoms with E-state index < -0.39 is 24.0 Å². The van der Waals surface area contributed by atoms with Crippen molar-refractivity contribution in [3.05, 3.63) is 59.7 Å². The zero-order valence-corrected chi connectivity index (χ0v) is 38.3. The van der Waals surface area contributed by atoms with Gasteiger partial charge in [-0.05, 0) is 92.8 Å². The van der Waals surface area contributed by atoms with Crippen LogP contribution in [0.15, 0.2) is 48.6 Å². The van der Waals surface area contributed by atoms with E-state index in [1.807, 2.05) is 6.92 Å². The van der Waals surface area contributed by atoms with Crippen molar-refractivity contribution in [2.75, 3.05) is 26.5 Å². The van der Waals surface area contributed by atoms with E-state index in [1.54, 1.807) is 13.8 Å². The second kappa shape index (κ2) is 20.6. The maximum atomic E-state index is 12.6. The first-order valence-corrected chi connectivity index (χ1v) is 27.7. The summed E-state index contributed by atoms with van der Waals surface area (Å²) in [5.41, 5.74) is 2.51. The van der Waals surface area contributed by atoms with Gasteiger partial charge in [0.15, 0.2) is 24.0 Å². The molecule has 10 heteroatoms. The number of hydrogen-bond acceptors (Lipinski definition) is 7. The molecule has 6 atom stereocenters. The highest BCUT2D eigenvalue weighted by Crippen LogP contribution is 2.46. The van der Waals surface area contributed by atoms with Gasteiger partial charge in [-0.15, -0.1) is 0 Å². The molecule has 52 heavy (non-hydrogen) atoms. The third-order valence-electron chi connectivity index (χ3n) is 11.4. The molecule has 1 aromatic carbocycles. The fourth-order valence-electron chi connectivity index (χ4n) is 6.45. The number of benzene rings is 1. The van der Waals surface area contributed by atoms with E-state index in [9.17, 15) is 9.36 Å². The molecule has 0 saturated heterocycles. The number of rotatable bonds is 21. The number of carbonyl (C=O) groups excluding carboxylic acids is 1. The summed E-state index contributed by atoms with van der Waals surface area (Å²) in [6, 6.07) is 8.68. The summed E-state index contributed by atoms with van der Waals surface area (Å²) in [6.45, 7) is 29.2. The second-order valence-corrected chi connectivity index (χ2v) is 30.2. The van der Waals surface area contributed by atoms with Gasteiger partial charge in [0.05, 0.1) is 25.4 Å². The van der Waals surface area contributed by atoms with Crippen LogP contribution in [0.25, 0.3) is 0 Å². The van der Waals surface area contributed by atoms with Gasteiger partial charge in [-0.3, -0.25) is 9.36 Å². The van der Waals surface area contributed by atoms with Gasteiger partial charge in [0.2, 0.25) is 0 Å². The van der Waals surface area contributed by atoms with Crippen LogP contribution < -0.4 is 0 Å². The quantitative estimate of drug-likeness (QED) is 0.0404. The molecule has 0 bridgehead atoms. The average molecular weight is 779 g/mol. The Bertz CT molecular complexity index is 1340. The first-order valence-electron chi connectivity index (χ1n) is 19.7. The first kappa shape index (κ1) is 46.8. The van der Waals surface area contributed by atoms with Crippen LogP contribution in [-0.4, -0.2) is 67.5 Å². The van der Waals surface area contributed by atoms with E-state index in [0.717, 1.165) is 38.5 Å². The topological polar surface area (TPSA) is 80.3 Å². The van der Waals surface area contributed by atoms with Gasteiger partial charge in [0.25, 0.3) is 0 Å². The minimum Gasteiger partial charge on any atom is -0.462 e. The third-order valence-corrected chi connectivity index (χ3v) is 22.3. The first-order chi connectivity index (χ1) is 24.0. The van der Waals surface area contributed by atoms with Gasteiger partial charge in [-0.1, -0.05) is 90.1 Å². The molecule has 1 fully saturated rings. The van der Waals surface area contributed by atoms with Crippen molar-refractivity contribution in [3.63, 3.8) is 0 Å². The Morgan fingerprint density at radius 3 is 2.23 bits per heavy atom. The molecule has 1 saturated carbocycles. The summed E-state index contributed by atoms with van der Waals surface area (Å²) in [4.78, 5) is 12.4. The molecule has 7 nitrogen and oxygen atoms in total. The predicted molar refractivity (Wildman–Crippen MR) is 224 cm³/mol. The summed E-state index contributed by atoms with van der Waals surface area (Å²) in [5, 5.41) is 0.127. The second-order valence-electron chi connectivity index (χ2n) is 18.0. The summed E-state index contributed by atoms with van der Waals surface area (Å²) < 4.78 is 43.8. The number of allylic oxidation sites excluding steroid dienone is 2. The van der Waals surface area contributed by atoms with Crippen molar-refractivity contribution in [3.8, 4) is 0 Å². The van der Waals surface area contributed by atoms with Gasteiger partial charge < -0.3 is 22.8 Å². The van der Waals surface area contributed by atoms with Crippen LogP contribution in [0.4, 0.5) is 0 Å². The van der Waals surface area contributed by atoms with E-state index in [2.05, 4.69) is 116 Å². The number of methoxy groups -OCH3 is 1. The Hall–Kier alpha value is -1.33. The van der Waals surface area contributed by atoms with Crippen molar-refractivity contribution >= 4 is 30.0 Å². The van der Waals surface area contributed by atoms with Crippen molar-refractivity contribution in [2.24, 2.45) is 11.8 Å². The lowest BCUT2D eigenvalue weighted by molar-refractivity contribution is -0.148. The Morgan fingerprint density at radius 1 is 0.981 bits per heavy atom. The van der Waals surface area contributed by atoms with E-state index >= 15 is 0 Å². The molecule has 0 heterocycles. The molecular formula is C42H75O7PSi2. The highest BCUT2D eigenvalue weighted by Gasteiger charge is 2.48. The van der Waals surface area contributed by atoms with Crippen molar-refractivity contribution in [1.29, 1.82) is 0 Å². The maximum Gasteiger partial charge on any atom is 0.302 e. The molecule has 0 amide bonds. The predicted octanol–water partition coefficient (Wildman–Crippen LogP) is 11.7. The lowest BCUT2D eigenvalue weighted by Crippen LogP contribution is -2.45. The molecule has 2 rings (SSSR count). The lowest BCUT2D eigenvalue weighted by Gasteiger charge is -2.40. The van der Waals surface area contributed by atoms with Crippen molar-refractivity contribution in [2.45, 2.75) is 162 Å². The normalized spacial score (nSPS) is 22.3. The third kappa shape index (κ3) is 15.4. The minimum absolute atomic E-state index is 0.0318. The summed E-state index contributed by atoms with van der Waals surface area (Å²) in [7, 11) is -5.02. The summed E-state index contributed by atoms with van der Waals surface area (Å²) in [6.07, 6.45) is 15.3. The average Bonchev–Trinajstić information content (AvgIpc) is 3.30. The number of esters is 1. The molecule has 1 aliphatic rings. The largest absolute Gasteiger partial charge is 0.462 e. The molecule has 0 aromatic heterocycles. The molecule has 1 aromatic rings. The van der Waals surface area contributed by atoms with Crippen LogP contribution in [0, 0.1) is 11.8 Å². The fraction of sp³-hybridized carbons (Fsp3) is 0.738. The van der Waals surface area contributed by atoms with Crippen molar-refractivity contribution < 1.29 is 32.2 Å². The molecular weight excluding hydrogens is 704 g/mol. The van der Waals surface area contributed by atoms with Gasteiger partial charge >= 0.3 is 5.97 Å². The number of carbonyl (C=O) groups is 1. The van der Waals surface area contributed by atoms with E-state index in [0.29, 0.717) is 25.8 Å².